The van der Waals surface area contributed by atoms with Crippen molar-refractivity contribution in [2.24, 2.45) is 5.73 Å². The summed E-state index contributed by atoms with van der Waals surface area (Å²) in [5.41, 5.74) is 7.12. The molecule has 114 valence electrons. The highest BCUT2D eigenvalue weighted by atomic mass is 16.5. The molecule has 23 heavy (non-hydrogen) atoms. The monoisotopic (exact) mass is 306 g/mol. The number of pyridine rings is 1. The summed E-state index contributed by atoms with van der Waals surface area (Å²) in [6.07, 6.45) is 3.52. The lowest BCUT2D eigenvalue weighted by molar-refractivity contribution is 0.0995. The molecule has 2 aromatic heterocycles. The van der Waals surface area contributed by atoms with Gasteiger partial charge < -0.3 is 10.3 Å². The minimum atomic E-state index is -0.564. The van der Waals surface area contributed by atoms with Crippen molar-refractivity contribution < 1.29 is 9.32 Å². The molecule has 1 amide bonds. The average molecular weight is 306 g/mol. The largest absolute Gasteiger partial charge is 0.364 e. The summed E-state index contributed by atoms with van der Waals surface area (Å²) in [5, 5.41) is 4.05. The van der Waals surface area contributed by atoms with E-state index in [-0.39, 0.29) is 11.1 Å². The van der Waals surface area contributed by atoms with Gasteiger partial charge in [0.25, 0.3) is 5.91 Å². The Labute approximate surface area is 132 Å². The number of carbonyl (C=O) groups excluding carboxylic acids is 1. The van der Waals surface area contributed by atoms with Crippen molar-refractivity contribution in [2.45, 2.75) is 18.3 Å². The summed E-state index contributed by atoms with van der Waals surface area (Å²) < 4.78 is 5.50. The van der Waals surface area contributed by atoms with Crippen molar-refractivity contribution in [3.8, 4) is 11.4 Å². The van der Waals surface area contributed by atoms with Gasteiger partial charge in [-0.15, -0.1) is 0 Å². The van der Waals surface area contributed by atoms with Crippen LogP contribution >= 0.6 is 0 Å². The van der Waals surface area contributed by atoms with Crippen LogP contribution in [0, 0.1) is 0 Å². The molecule has 6 nitrogen and oxygen atoms in total. The fourth-order valence-electron chi connectivity index (χ4n) is 2.72. The van der Waals surface area contributed by atoms with Crippen LogP contribution in [0.25, 0.3) is 11.4 Å². The first kappa shape index (κ1) is 13.6. The molecule has 0 aliphatic heterocycles. The predicted octanol–water partition coefficient (Wildman–Crippen LogP) is 2.31. The summed E-state index contributed by atoms with van der Waals surface area (Å²) in [4.78, 5) is 19.6. The van der Waals surface area contributed by atoms with Crippen molar-refractivity contribution in [3.05, 3.63) is 65.8 Å². The van der Waals surface area contributed by atoms with E-state index in [1.54, 1.807) is 12.1 Å². The lowest BCUT2D eigenvalue weighted by Crippen LogP contribution is -2.12. The number of rotatable bonds is 4. The maximum atomic E-state index is 11.1. The third kappa shape index (κ3) is 2.28. The van der Waals surface area contributed by atoms with Gasteiger partial charge in [-0.2, -0.15) is 4.98 Å². The second-order valence-corrected chi connectivity index (χ2v) is 5.67. The molecular formula is C17H14N4O2. The first-order valence-corrected chi connectivity index (χ1v) is 7.35. The van der Waals surface area contributed by atoms with Gasteiger partial charge >= 0.3 is 0 Å². The molecule has 0 bridgehead atoms. The van der Waals surface area contributed by atoms with Gasteiger partial charge in [-0.05, 0) is 30.5 Å². The standard InChI is InChI=1S/C17H14N4O2/c18-14(22)13-7-6-11(10-19-13)15-20-16(23-21-15)17(8-9-17)12-4-2-1-3-5-12/h1-7,10H,8-9H2,(H2,18,22). The van der Waals surface area contributed by atoms with E-state index >= 15 is 0 Å². The zero-order chi connectivity index (χ0) is 15.9. The first-order valence-electron chi connectivity index (χ1n) is 7.35. The van der Waals surface area contributed by atoms with Crippen LogP contribution in [0.3, 0.4) is 0 Å². The fraction of sp³-hybridized carbons (Fsp3) is 0.176. The zero-order valence-corrected chi connectivity index (χ0v) is 12.3. The van der Waals surface area contributed by atoms with Gasteiger partial charge in [0, 0.05) is 11.8 Å². The van der Waals surface area contributed by atoms with E-state index in [9.17, 15) is 4.79 Å². The third-order valence-corrected chi connectivity index (χ3v) is 4.19. The Hall–Kier alpha value is -3.02. The van der Waals surface area contributed by atoms with E-state index in [0.29, 0.717) is 17.3 Å². The smallest absolute Gasteiger partial charge is 0.267 e. The van der Waals surface area contributed by atoms with Gasteiger partial charge in [0.2, 0.25) is 11.7 Å². The van der Waals surface area contributed by atoms with Crippen molar-refractivity contribution >= 4 is 5.91 Å². The molecule has 1 saturated carbocycles. The molecule has 2 heterocycles. The molecule has 6 heteroatoms. The molecule has 0 spiro atoms. The Morgan fingerprint density at radius 3 is 2.52 bits per heavy atom. The van der Waals surface area contributed by atoms with Crippen LogP contribution in [0.4, 0.5) is 0 Å². The third-order valence-electron chi connectivity index (χ3n) is 4.19. The number of carbonyl (C=O) groups is 1. The number of nitrogens with zero attached hydrogens (tertiary/aromatic N) is 3. The maximum absolute atomic E-state index is 11.1. The zero-order valence-electron chi connectivity index (χ0n) is 12.3. The molecule has 3 aromatic rings. The van der Waals surface area contributed by atoms with Crippen molar-refractivity contribution in [2.75, 3.05) is 0 Å². The van der Waals surface area contributed by atoms with E-state index in [4.69, 9.17) is 10.3 Å². The predicted molar refractivity (Wildman–Crippen MR) is 82.5 cm³/mol. The highest BCUT2D eigenvalue weighted by Crippen LogP contribution is 2.52. The minimum Gasteiger partial charge on any atom is -0.364 e. The highest BCUT2D eigenvalue weighted by molar-refractivity contribution is 5.90. The number of primary amides is 1. The summed E-state index contributed by atoms with van der Waals surface area (Å²) in [6, 6.07) is 13.4. The van der Waals surface area contributed by atoms with Gasteiger partial charge in [0.15, 0.2) is 0 Å². The molecule has 4 rings (SSSR count). The molecule has 1 aliphatic carbocycles. The van der Waals surface area contributed by atoms with Gasteiger partial charge in [-0.1, -0.05) is 35.5 Å². The minimum absolute atomic E-state index is 0.160. The molecule has 1 fully saturated rings. The summed E-state index contributed by atoms with van der Waals surface area (Å²) in [7, 11) is 0. The van der Waals surface area contributed by atoms with E-state index in [1.807, 2.05) is 18.2 Å². The lowest BCUT2D eigenvalue weighted by atomic mass is 9.96. The van der Waals surface area contributed by atoms with Crippen LogP contribution in [0.15, 0.2) is 53.2 Å². The number of benzene rings is 1. The summed E-state index contributed by atoms with van der Waals surface area (Å²) in [5.74, 6) is 0.523. The molecule has 2 N–H and O–H groups in total. The Kier molecular flexibility index (Phi) is 2.97. The van der Waals surface area contributed by atoms with Gasteiger partial charge in [0.1, 0.15) is 5.69 Å². The summed E-state index contributed by atoms with van der Waals surface area (Å²) >= 11 is 0. The number of hydrogen-bond donors (Lipinski definition) is 1. The Bertz CT molecular complexity index is 852. The van der Waals surface area contributed by atoms with Crippen LogP contribution in [0.2, 0.25) is 0 Å². The molecule has 0 atom stereocenters. The van der Waals surface area contributed by atoms with E-state index in [2.05, 4.69) is 27.3 Å². The van der Waals surface area contributed by atoms with Crippen LogP contribution in [-0.4, -0.2) is 21.0 Å². The molecular weight excluding hydrogens is 292 g/mol. The van der Waals surface area contributed by atoms with Crippen molar-refractivity contribution in [1.29, 1.82) is 0 Å². The number of aromatic nitrogens is 3. The molecule has 1 aromatic carbocycles. The van der Waals surface area contributed by atoms with Crippen LogP contribution in [0.1, 0.15) is 34.8 Å². The molecule has 0 radical (unpaired) electrons. The maximum Gasteiger partial charge on any atom is 0.267 e. The number of nitrogens with two attached hydrogens (primary N) is 1. The lowest BCUT2D eigenvalue weighted by Gasteiger charge is -2.09. The fourth-order valence-corrected chi connectivity index (χ4v) is 2.72. The average Bonchev–Trinajstić information content (AvgIpc) is 3.26. The van der Waals surface area contributed by atoms with E-state index in [0.717, 1.165) is 12.8 Å². The first-order chi connectivity index (χ1) is 11.2. The quantitative estimate of drug-likeness (QED) is 0.798. The van der Waals surface area contributed by atoms with Crippen molar-refractivity contribution in [3.63, 3.8) is 0 Å². The summed E-state index contributed by atoms with van der Waals surface area (Å²) in [6.45, 7) is 0. The molecule has 0 saturated heterocycles. The van der Waals surface area contributed by atoms with Gasteiger partial charge in [-0.3, -0.25) is 9.78 Å². The van der Waals surface area contributed by atoms with E-state index in [1.165, 1.54) is 11.8 Å². The topological polar surface area (TPSA) is 94.9 Å². The second kappa shape index (κ2) is 5.01. The number of amides is 1. The Morgan fingerprint density at radius 1 is 1.13 bits per heavy atom. The van der Waals surface area contributed by atoms with Crippen LogP contribution in [-0.2, 0) is 5.41 Å². The van der Waals surface area contributed by atoms with Crippen LogP contribution < -0.4 is 5.73 Å². The SMILES string of the molecule is NC(=O)c1ccc(-c2noc(C3(c4ccccc4)CC3)n2)cn1. The van der Waals surface area contributed by atoms with Gasteiger partial charge in [0.05, 0.1) is 5.41 Å². The Balaban J connectivity index is 1.66. The van der Waals surface area contributed by atoms with Crippen molar-refractivity contribution in [1.82, 2.24) is 15.1 Å². The Morgan fingerprint density at radius 2 is 1.91 bits per heavy atom. The van der Waals surface area contributed by atoms with Crippen LogP contribution in [0.5, 0.6) is 0 Å². The highest BCUT2D eigenvalue weighted by Gasteiger charge is 2.50. The van der Waals surface area contributed by atoms with E-state index < -0.39 is 5.91 Å². The van der Waals surface area contributed by atoms with Gasteiger partial charge in [-0.25, -0.2) is 0 Å². The molecule has 0 unspecified atom stereocenters. The molecule has 1 aliphatic rings. The number of hydrogen-bond acceptors (Lipinski definition) is 5. The second-order valence-electron chi connectivity index (χ2n) is 5.67. The normalized spacial score (nSPS) is 15.3.